The molecule has 2 rings (SSSR count). The highest BCUT2D eigenvalue weighted by Crippen LogP contribution is 2.25. The zero-order valence-corrected chi connectivity index (χ0v) is 22.2. The first-order chi connectivity index (χ1) is 13.8. The van der Waals surface area contributed by atoms with Crippen molar-refractivity contribution in [3.63, 3.8) is 0 Å². The molecule has 0 aromatic heterocycles. The molecule has 30 heavy (non-hydrogen) atoms. The summed E-state index contributed by atoms with van der Waals surface area (Å²) in [6, 6.07) is 8.65. The van der Waals surface area contributed by atoms with Gasteiger partial charge in [-0.2, -0.15) is 0 Å². The van der Waals surface area contributed by atoms with Crippen LogP contribution in [0.25, 0.3) is 0 Å². The van der Waals surface area contributed by atoms with Crippen molar-refractivity contribution < 1.29 is 8.95 Å². The minimum atomic E-state index is -0.871. The number of likely N-dealkylation sites (tertiary alicyclic amines) is 1. The van der Waals surface area contributed by atoms with Gasteiger partial charge in [0.1, 0.15) is 5.75 Å². The fourth-order valence-electron chi connectivity index (χ4n) is 3.50. The number of rotatable bonds is 8. The molecule has 0 radical (unpaired) electrons. The van der Waals surface area contributed by atoms with Gasteiger partial charge in [0.15, 0.2) is 5.96 Å². The van der Waals surface area contributed by atoms with Crippen molar-refractivity contribution in [3.8, 4) is 5.75 Å². The van der Waals surface area contributed by atoms with Gasteiger partial charge in [-0.3, -0.25) is 14.1 Å². The third kappa shape index (κ3) is 8.70. The van der Waals surface area contributed by atoms with Crippen LogP contribution in [-0.2, 0) is 10.8 Å². The van der Waals surface area contributed by atoms with E-state index < -0.39 is 10.8 Å². The van der Waals surface area contributed by atoms with E-state index in [0.29, 0.717) is 12.3 Å². The molecule has 2 atom stereocenters. The summed E-state index contributed by atoms with van der Waals surface area (Å²) in [4.78, 5) is 6.90. The molecule has 1 aliphatic rings. The number of nitrogens with one attached hydrogen (secondary N) is 2. The fraction of sp³-hybridized carbons (Fsp3) is 0.682. The number of halogens is 1. The topological polar surface area (TPSA) is 66.0 Å². The highest BCUT2D eigenvalue weighted by molar-refractivity contribution is 14.0. The maximum Gasteiger partial charge on any atom is 0.191 e. The number of guanidine groups is 1. The van der Waals surface area contributed by atoms with Crippen molar-refractivity contribution in [3.05, 3.63) is 29.8 Å². The Morgan fingerprint density at radius 1 is 1.17 bits per heavy atom. The Hall–Kier alpha value is -0.870. The maximum absolute atomic E-state index is 12.2. The van der Waals surface area contributed by atoms with E-state index in [1.807, 2.05) is 32.9 Å². The van der Waals surface area contributed by atoms with E-state index in [9.17, 15) is 4.21 Å². The standard InChI is InChI=1S/C22H38N4O2S.HI/c1-22(2,3)29(27)16-13-24-21(23-4)25-17-20(26-14-7-6-8-15-26)18-9-11-19(28-5)12-10-18;/h9-12,20H,6-8,13-17H2,1-5H3,(H2,23,24,25);1H. The van der Waals surface area contributed by atoms with E-state index in [2.05, 4.69) is 32.7 Å². The predicted molar refractivity (Wildman–Crippen MR) is 139 cm³/mol. The lowest BCUT2D eigenvalue weighted by molar-refractivity contribution is 0.164. The van der Waals surface area contributed by atoms with Gasteiger partial charge in [0.25, 0.3) is 0 Å². The summed E-state index contributed by atoms with van der Waals surface area (Å²) in [6.07, 6.45) is 3.81. The summed E-state index contributed by atoms with van der Waals surface area (Å²) in [7, 11) is 2.60. The van der Waals surface area contributed by atoms with Crippen LogP contribution in [0.4, 0.5) is 0 Å². The molecule has 6 nitrogen and oxygen atoms in total. The van der Waals surface area contributed by atoms with Crippen LogP contribution in [0.5, 0.6) is 5.75 Å². The van der Waals surface area contributed by atoms with Crippen LogP contribution in [0.2, 0.25) is 0 Å². The van der Waals surface area contributed by atoms with Crippen LogP contribution in [0.15, 0.2) is 29.3 Å². The first-order valence-electron chi connectivity index (χ1n) is 10.6. The third-order valence-corrected chi connectivity index (χ3v) is 7.22. The first kappa shape index (κ1) is 27.2. The number of aliphatic imine (C=N–C) groups is 1. The van der Waals surface area contributed by atoms with Gasteiger partial charge in [-0.25, -0.2) is 0 Å². The molecule has 1 aliphatic heterocycles. The van der Waals surface area contributed by atoms with E-state index in [0.717, 1.165) is 31.3 Å². The molecule has 1 aromatic carbocycles. The van der Waals surface area contributed by atoms with Crippen LogP contribution >= 0.6 is 24.0 Å². The molecule has 2 unspecified atom stereocenters. The molecular formula is C22H39IN4O2S. The van der Waals surface area contributed by atoms with Gasteiger partial charge < -0.3 is 15.4 Å². The molecule has 0 amide bonds. The Morgan fingerprint density at radius 3 is 2.33 bits per heavy atom. The second-order valence-corrected chi connectivity index (χ2v) is 10.8. The molecule has 1 fully saturated rings. The number of ether oxygens (including phenoxy) is 1. The van der Waals surface area contributed by atoms with Crippen LogP contribution in [-0.4, -0.2) is 65.9 Å². The lowest BCUT2D eigenvalue weighted by Gasteiger charge is -2.35. The van der Waals surface area contributed by atoms with Gasteiger partial charge in [-0.05, 0) is 64.4 Å². The summed E-state index contributed by atoms with van der Waals surface area (Å²) >= 11 is 0. The van der Waals surface area contributed by atoms with Gasteiger partial charge in [0, 0.05) is 41.4 Å². The molecule has 1 aromatic rings. The molecule has 2 N–H and O–H groups in total. The monoisotopic (exact) mass is 550 g/mol. The van der Waals surface area contributed by atoms with Gasteiger partial charge >= 0.3 is 0 Å². The summed E-state index contributed by atoms with van der Waals surface area (Å²) in [5.74, 6) is 2.24. The molecule has 0 spiro atoms. The average Bonchev–Trinajstić information content (AvgIpc) is 2.73. The molecule has 8 heteroatoms. The predicted octanol–water partition coefficient (Wildman–Crippen LogP) is 3.55. The van der Waals surface area contributed by atoms with Crippen LogP contribution < -0.4 is 15.4 Å². The second kappa shape index (κ2) is 13.5. The van der Waals surface area contributed by atoms with Crippen molar-refractivity contribution >= 4 is 40.7 Å². The van der Waals surface area contributed by atoms with Gasteiger partial charge in [-0.15, -0.1) is 24.0 Å². The summed E-state index contributed by atoms with van der Waals surface area (Å²) in [5, 5.41) is 6.78. The molecular weight excluding hydrogens is 511 g/mol. The Morgan fingerprint density at radius 2 is 1.80 bits per heavy atom. The normalized spacial score (nSPS) is 17.6. The minimum absolute atomic E-state index is 0. The minimum Gasteiger partial charge on any atom is -0.497 e. The number of nitrogens with zero attached hydrogens (tertiary/aromatic N) is 2. The van der Waals surface area contributed by atoms with E-state index in [1.165, 1.54) is 24.8 Å². The summed E-state index contributed by atoms with van der Waals surface area (Å²) < 4.78 is 17.4. The summed E-state index contributed by atoms with van der Waals surface area (Å²) in [5.41, 5.74) is 1.28. The molecule has 0 bridgehead atoms. The van der Waals surface area contributed by atoms with E-state index >= 15 is 0 Å². The number of methoxy groups -OCH3 is 1. The zero-order chi connectivity index (χ0) is 21.3. The molecule has 1 heterocycles. The van der Waals surface area contributed by atoms with E-state index in [1.54, 1.807) is 14.2 Å². The quantitative estimate of drug-likeness (QED) is 0.295. The maximum atomic E-state index is 12.2. The average molecular weight is 551 g/mol. The third-order valence-electron chi connectivity index (χ3n) is 5.28. The van der Waals surface area contributed by atoms with Crippen molar-refractivity contribution in [2.45, 2.75) is 50.8 Å². The van der Waals surface area contributed by atoms with Crippen molar-refractivity contribution in [1.82, 2.24) is 15.5 Å². The molecule has 1 saturated heterocycles. The smallest absolute Gasteiger partial charge is 0.191 e. The van der Waals surface area contributed by atoms with Gasteiger partial charge in [0.05, 0.1) is 13.2 Å². The fourth-order valence-corrected chi connectivity index (χ4v) is 4.40. The summed E-state index contributed by atoms with van der Waals surface area (Å²) in [6.45, 7) is 9.68. The number of benzene rings is 1. The van der Waals surface area contributed by atoms with Gasteiger partial charge in [0.2, 0.25) is 0 Å². The Balaban J connectivity index is 0.00000450. The first-order valence-corrected chi connectivity index (χ1v) is 11.9. The van der Waals surface area contributed by atoms with Crippen molar-refractivity contribution in [2.75, 3.05) is 46.1 Å². The lowest BCUT2D eigenvalue weighted by atomic mass is 10.0. The number of hydrogen-bond donors (Lipinski definition) is 2. The Labute approximate surface area is 202 Å². The molecule has 0 aliphatic carbocycles. The number of piperidine rings is 1. The SMILES string of the molecule is CN=C(NCCS(=O)C(C)(C)C)NCC(c1ccc(OC)cc1)N1CCCCC1.I. The van der Waals surface area contributed by atoms with E-state index in [4.69, 9.17) is 4.74 Å². The van der Waals surface area contributed by atoms with Crippen LogP contribution in [0.3, 0.4) is 0 Å². The molecule has 172 valence electrons. The van der Waals surface area contributed by atoms with Gasteiger partial charge in [-0.1, -0.05) is 18.6 Å². The Bertz CT molecular complexity index is 671. The zero-order valence-electron chi connectivity index (χ0n) is 19.1. The Kier molecular flexibility index (Phi) is 12.2. The van der Waals surface area contributed by atoms with Crippen molar-refractivity contribution in [2.24, 2.45) is 4.99 Å². The molecule has 0 saturated carbocycles. The lowest BCUT2D eigenvalue weighted by Crippen LogP contribution is -2.45. The van der Waals surface area contributed by atoms with Crippen LogP contribution in [0, 0.1) is 0 Å². The largest absolute Gasteiger partial charge is 0.497 e. The second-order valence-electron chi connectivity index (χ2n) is 8.43. The van der Waals surface area contributed by atoms with Crippen LogP contribution in [0.1, 0.15) is 51.6 Å². The highest BCUT2D eigenvalue weighted by atomic mass is 127. The highest BCUT2D eigenvalue weighted by Gasteiger charge is 2.23. The van der Waals surface area contributed by atoms with Crippen molar-refractivity contribution in [1.29, 1.82) is 0 Å². The number of hydrogen-bond acceptors (Lipinski definition) is 4. The van der Waals surface area contributed by atoms with E-state index in [-0.39, 0.29) is 34.8 Å².